The zero-order valence-electron chi connectivity index (χ0n) is 10.8. The van der Waals surface area contributed by atoms with Gasteiger partial charge in [-0.25, -0.2) is 4.98 Å². The molecule has 3 rings (SSSR count). The molecule has 0 fully saturated rings. The van der Waals surface area contributed by atoms with E-state index >= 15 is 0 Å². The number of rotatable bonds is 4. The van der Waals surface area contributed by atoms with Gasteiger partial charge >= 0.3 is 0 Å². The van der Waals surface area contributed by atoms with E-state index < -0.39 is 0 Å². The van der Waals surface area contributed by atoms with Crippen LogP contribution < -0.4 is 4.74 Å². The van der Waals surface area contributed by atoms with Crippen LogP contribution in [0.2, 0.25) is 0 Å². The molecule has 2 heterocycles. The van der Waals surface area contributed by atoms with Gasteiger partial charge in [0.2, 0.25) is 0 Å². The Labute approximate surface area is 134 Å². The van der Waals surface area contributed by atoms with Crippen LogP contribution in [0.1, 0.15) is 10.7 Å². The van der Waals surface area contributed by atoms with Gasteiger partial charge in [0.25, 0.3) is 0 Å². The van der Waals surface area contributed by atoms with Crippen molar-refractivity contribution in [1.29, 1.82) is 0 Å². The van der Waals surface area contributed by atoms with E-state index in [0.717, 1.165) is 33.6 Å². The number of thiophene rings is 1. The average molecular weight is 372 g/mol. The molecule has 2 aromatic heterocycles. The van der Waals surface area contributed by atoms with Gasteiger partial charge in [-0.05, 0) is 34.1 Å². The number of fused-ring (bicyclic) bond motifs is 1. The second-order valence-corrected chi connectivity index (χ2v) is 6.49. The number of hydrogen-bond acceptors (Lipinski definition) is 3. The minimum atomic E-state index is 0.379. The average Bonchev–Trinajstić information content (AvgIpc) is 3.03. The predicted molar refractivity (Wildman–Crippen MR) is 87.0 cm³/mol. The summed E-state index contributed by atoms with van der Waals surface area (Å²) in [5.74, 6) is 2.01. The number of aromatic nitrogens is 2. The van der Waals surface area contributed by atoms with Gasteiger partial charge in [0.1, 0.15) is 17.1 Å². The van der Waals surface area contributed by atoms with Crippen LogP contribution in [0.25, 0.3) is 11.0 Å². The number of hydrogen-bond donors (Lipinski definition) is 0. The SMILES string of the molecule is COc1cccc2c1nc(CCl)n2Cc1cc(Br)cs1. The highest BCUT2D eigenvalue weighted by Crippen LogP contribution is 2.28. The van der Waals surface area contributed by atoms with Crippen LogP contribution in [0.5, 0.6) is 5.75 Å². The van der Waals surface area contributed by atoms with Gasteiger partial charge in [0.15, 0.2) is 0 Å². The first kappa shape index (κ1) is 13.9. The molecule has 0 radical (unpaired) electrons. The number of para-hydroxylation sites is 1. The third kappa shape index (κ3) is 2.45. The molecule has 0 atom stereocenters. The number of halogens is 2. The van der Waals surface area contributed by atoms with Crippen LogP contribution >= 0.6 is 38.9 Å². The van der Waals surface area contributed by atoms with Gasteiger partial charge in [-0.3, -0.25) is 0 Å². The first-order chi connectivity index (χ1) is 9.72. The summed E-state index contributed by atoms with van der Waals surface area (Å²) in [4.78, 5) is 5.86. The van der Waals surface area contributed by atoms with E-state index in [1.165, 1.54) is 4.88 Å². The van der Waals surface area contributed by atoms with Crippen LogP contribution in [-0.4, -0.2) is 16.7 Å². The molecule has 0 saturated heterocycles. The largest absolute Gasteiger partial charge is 0.494 e. The number of benzene rings is 1. The second-order valence-electron chi connectivity index (χ2n) is 4.31. The lowest BCUT2D eigenvalue weighted by Crippen LogP contribution is -2.02. The van der Waals surface area contributed by atoms with Gasteiger partial charge in [-0.15, -0.1) is 22.9 Å². The molecule has 6 heteroatoms. The Morgan fingerprint density at radius 2 is 2.30 bits per heavy atom. The van der Waals surface area contributed by atoms with Crippen LogP contribution in [0.15, 0.2) is 34.1 Å². The first-order valence-corrected chi connectivity index (χ1v) is 8.24. The van der Waals surface area contributed by atoms with Gasteiger partial charge in [-0.1, -0.05) is 6.07 Å². The van der Waals surface area contributed by atoms with E-state index in [-0.39, 0.29) is 0 Å². The highest BCUT2D eigenvalue weighted by Gasteiger charge is 2.14. The van der Waals surface area contributed by atoms with Crippen molar-refractivity contribution in [3.63, 3.8) is 0 Å². The number of methoxy groups -OCH3 is 1. The predicted octanol–water partition coefficient (Wildman–Crippen LogP) is 4.66. The number of alkyl halides is 1. The van der Waals surface area contributed by atoms with Crippen LogP contribution in [0.3, 0.4) is 0 Å². The molecule has 3 nitrogen and oxygen atoms in total. The Bertz CT molecular complexity index is 753. The summed E-state index contributed by atoms with van der Waals surface area (Å²) in [6.45, 7) is 0.766. The first-order valence-electron chi connectivity index (χ1n) is 6.04. The summed E-state index contributed by atoms with van der Waals surface area (Å²) in [6.07, 6.45) is 0. The Hall–Kier alpha value is -1.04. The zero-order chi connectivity index (χ0) is 14.1. The monoisotopic (exact) mass is 370 g/mol. The Balaban J connectivity index is 2.13. The topological polar surface area (TPSA) is 27.1 Å². The smallest absolute Gasteiger partial charge is 0.146 e. The summed E-state index contributed by atoms with van der Waals surface area (Å²) in [5.41, 5.74) is 1.91. The zero-order valence-corrected chi connectivity index (χ0v) is 13.9. The maximum atomic E-state index is 6.04. The highest BCUT2D eigenvalue weighted by molar-refractivity contribution is 9.10. The number of nitrogens with zero attached hydrogens (tertiary/aromatic N) is 2. The molecule has 0 bridgehead atoms. The standard InChI is InChI=1S/C14H12BrClN2OS/c1-19-12-4-2-3-11-14(12)17-13(6-16)18(11)7-10-5-9(15)8-20-10/h2-5,8H,6-7H2,1H3. The van der Waals surface area contributed by atoms with E-state index in [1.807, 2.05) is 18.2 Å². The molecule has 20 heavy (non-hydrogen) atoms. The van der Waals surface area contributed by atoms with Gasteiger partial charge in [0, 0.05) is 14.7 Å². The van der Waals surface area contributed by atoms with E-state index in [1.54, 1.807) is 18.4 Å². The second kappa shape index (κ2) is 5.76. The van der Waals surface area contributed by atoms with Gasteiger partial charge in [-0.2, -0.15) is 0 Å². The summed E-state index contributed by atoms with van der Waals surface area (Å²) >= 11 is 11.2. The fourth-order valence-electron chi connectivity index (χ4n) is 2.21. The fourth-order valence-corrected chi connectivity index (χ4v) is 3.85. The molecule has 104 valence electrons. The van der Waals surface area contributed by atoms with Crippen molar-refractivity contribution in [2.45, 2.75) is 12.4 Å². The molecular formula is C14H12BrClN2OS. The molecule has 0 aliphatic carbocycles. The third-order valence-electron chi connectivity index (χ3n) is 3.10. The van der Waals surface area contributed by atoms with E-state index in [4.69, 9.17) is 16.3 Å². The summed E-state index contributed by atoms with van der Waals surface area (Å²) in [5, 5.41) is 2.08. The Kier molecular flexibility index (Phi) is 4.01. The minimum absolute atomic E-state index is 0.379. The Morgan fingerprint density at radius 3 is 2.95 bits per heavy atom. The lowest BCUT2D eigenvalue weighted by Gasteiger charge is -2.06. The van der Waals surface area contributed by atoms with E-state index in [9.17, 15) is 0 Å². The fraction of sp³-hybridized carbons (Fsp3) is 0.214. The van der Waals surface area contributed by atoms with Crippen molar-refractivity contribution in [2.24, 2.45) is 0 Å². The van der Waals surface area contributed by atoms with Gasteiger partial charge in [0.05, 0.1) is 25.1 Å². The molecule has 0 unspecified atom stereocenters. The lowest BCUT2D eigenvalue weighted by atomic mass is 10.3. The van der Waals surface area contributed by atoms with Crippen LogP contribution in [0.4, 0.5) is 0 Å². The molecule has 1 aromatic carbocycles. The van der Waals surface area contributed by atoms with E-state index in [0.29, 0.717) is 5.88 Å². The maximum Gasteiger partial charge on any atom is 0.146 e. The molecule has 0 saturated carbocycles. The van der Waals surface area contributed by atoms with Crippen molar-refractivity contribution in [3.05, 3.63) is 44.8 Å². The lowest BCUT2D eigenvalue weighted by molar-refractivity contribution is 0.419. The van der Waals surface area contributed by atoms with E-state index in [2.05, 4.69) is 36.9 Å². The molecule has 3 aromatic rings. The molecule has 0 N–H and O–H groups in total. The minimum Gasteiger partial charge on any atom is -0.494 e. The number of imidazole rings is 1. The third-order valence-corrected chi connectivity index (χ3v) is 5.02. The van der Waals surface area contributed by atoms with Gasteiger partial charge < -0.3 is 9.30 Å². The summed E-state index contributed by atoms with van der Waals surface area (Å²) in [6, 6.07) is 8.05. The molecular weight excluding hydrogens is 360 g/mol. The molecule has 0 aliphatic heterocycles. The van der Waals surface area contributed by atoms with Crippen molar-refractivity contribution in [3.8, 4) is 5.75 Å². The van der Waals surface area contributed by atoms with Crippen LogP contribution in [0, 0.1) is 0 Å². The molecule has 0 amide bonds. The van der Waals surface area contributed by atoms with Crippen LogP contribution in [-0.2, 0) is 12.4 Å². The van der Waals surface area contributed by atoms with Crippen molar-refractivity contribution in [2.75, 3.05) is 7.11 Å². The Morgan fingerprint density at radius 1 is 1.45 bits per heavy atom. The summed E-state index contributed by atoms with van der Waals surface area (Å²) in [7, 11) is 1.66. The van der Waals surface area contributed by atoms with Crippen molar-refractivity contribution >= 4 is 49.9 Å². The summed E-state index contributed by atoms with van der Waals surface area (Å²) < 4.78 is 8.62. The number of ether oxygens (including phenoxy) is 1. The highest BCUT2D eigenvalue weighted by atomic mass is 79.9. The molecule has 0 aliphatic rings. The normalized spacial score (nSPS) is 11.2. The molecule has 0 spiro atoms. The van der Waals surface area contributed by atoms with Crippen molar-refractivity contribution in [1.82, 2.24) is 9.55 Å². The van der Waals surface area contributed by atoms with Crippen molar-refractivity contribution < 1.29 is 4.74 Å². The maximum absolute atomic E-state index is 6.04. The quantitative estimate of drug-likeness (QED) is 0.624.